The van der Waals surface area contributed by atoms with Crippen molar-refractivity contribution >= 4 is 0 Å². The number of hydrogen-bond acceptors (Lipinski definition) is 2. The van der Waals surface area contributed by atoms with Crippen LogP contribution in [-0.2, 0) is 11.2 Å². The van der Waals surface area contributed by atoms with Crippen molar-refractivity contribution in [3.05, 3.63) is 35.4 Å². The van der Waals surface area contributed by atoms with E-state index in [1.165, 1.54) is 17.5 Å². The fourth-order valence-electron chi connectivity index (χ4n) is 2.06. The lowest BCUT2D eigenvalue weighted by Crippen LogP contribution is -2.34. The smallest absolute Gasteiger partial charge is 0.0619 e. The summed E-state index contributed by atoms with van der Waals surface area (Å²) in [4.78, 5) is 0. The lowest BCUT2D eigenvalue weighted by atomic mass is 10.0. The van der Waals surface area contributed by atoms with Crippen LogP contribution >= 0.6 is 0 Å². The predicted molar refractivity (Wildman–Crippen MR) is 82.7 cm³/mol. The molecule has 0 bridgehead atoms. The highest BCUT2D eigenvalue weighted by molar-refractivity contribution is 5.21. The number of hydrogen-bond donors (Lipinski definition) is 1. The number of rotatable bonds is 10. The SMILES string of the molecule is CCCNC(CCc1ccc(C)cc1)COCCC. The lowest BCUT2D eigenvalue weighted by molar-refractivity contribution is 0.109. The molecular weight excluding hydrogens is 234 g/mol. The van der Waals surface area contributed by atoms with Crippen molar-refractivity contribution in [3.8, 4) is 0 Å². The van der Waals surface area contributed by atoms with Crippen molar-refractivity contribution in [3.63, 3.8) is 0 Å². The minimum Gasteiger partial charge on any atom is -0.380 e. The molecule has 0 saturated carbocycles. The molecule has 0 aliphatic rings. The molecule has 0 aliphatic heterocycles. The zero-order chi connectivity index (χ0) is 13.9. The van der Waals surface area contributed by atoms with E-state index in [2.05, 4.69) is 50.4 Å². The molecule has 0 aromatic heterocycles. The van der Waals surface area contributed by atoms with Crippen molar-refractivity contribution in [2.75, 3.05) is 19.8 Å². The largest absolute Gasteiger partial charge is 0.380 e. The lowest BCUT2D eigenvalue weighted by Gasteiger charge is -2.18. The van der Waals surface area contributed by atoms with Crippen LogP contribution < -0.4 is 5.32 Å². The zero-order valence-corrected chi connectivity index (χ0v) is 12.7. The van der Waals surface area contributed by atoms with Crippen molar-refractivity contribution < 1.29 is 4.74 Å². The van der Waals surface area contributed by atoms with Gasteiger partial charge >= 0.3 is 0 Å². The first-order valence-electron chi connectivity index (χ1n) is 7.63. The first-order chi connectivity index (χ1) is 9.26. The third kappa shape index (κ3) is 7.34. The van der Waals surface area contributed by atoms with Gasteiger partial charge in [-0.2, -0.15) is 0 Å². The Kier molecular flexibility index (Phi) is 8.52. The van der Waals surface area contributed by atoms with Crippen LogP contribution in [-0.4, -0.2) is 25.8 Å². The van der Waals surface area contributed by atoms with Crippen molar-refractivity contribution in [1.82, 2.24) is 5.32 Å². The van der Waals surface area contributed by atoms with Gasteiger partial charge in [0.05, 0.1) is 6.61 Å². The van der Waals surface area contributed by atoms with Gasteiger partial charge in [-0.1, -0.05) is 43.7 Å². The van der Waals surface area contributed by atoms with Gasteiger partial charge in [-0.25, -0.2) is 0 Å². The van der Waals surface area contributed by atoms with E-state index in [4.69, 9.17) is 4.74 Å². The number of ether oxygens (including phenoxy) is 1. The third-order valence-electron chi connectivity index (χ3n) is 3.25. The van der Waals surface area contributed by atoms with E-state index < -0.39 is 0 Å². The molecule has 0 spiro atoms. The van der Waals surface area contributed by atoms with Crippen LogP contribution in [0, 0.1) is 6.92 Å². The van der Waals surface area contributed by atoms with E-state index in [1.807, 2.05) is 0 Å². The molecular formula is C17H29NO. The Morgan fingerprint density at radius 2 is 1.84 bits per heavy atom. The topological polar surface area (TPSA) is 21.3 Å². The maximum Gasteiger partial charge on any atom is 0.0619 e. The minimum absolute atomic E-state index is 0.479. The molecule has 0 saturated heterocycles. The molecule has 0 aliphatic carbocycles. The summed E-state index contributed by atoms with van der Waals surface area (Å²) in [6, 6.07) is 9.33. The summed E-state index contributed by atoms with van der Waals surface area (Å²) in [5.41, 5.74) is 2.75. The highest BCUT2D eigenvalue weighted by Gasteiger charge is 2.08. The summed E-state index contributed by atoms with van der Waals surface area (Å²) in [5, 5.41) is 3.58. The van der Waals surface area contributed by atoms with E-state index in [9.17, 15) is 0 Å². The van der Waals surface area contributed by atoms with Crippen molar-refractivity contribution in [1.29, 1.82) is 0 Å². The van der Waals surface area contributed by atoms with Crippen LogP contribution in [0.4, 0.5) is 0 Å². The number of nitrogens with one attached hydrogen (secondary N) is 1. The molecule has 0 heterocycles. The Balaban J connectivity index is 2.35. The third-order valence-corrected chi connectivity index (χ3v) is 3.25. The fourth-order valence-corrected chi connectivity index (χ4v) is 2.06. The highest BCUT2D eigenvalue weighted by atomic mass is 16.5. The molecule has 0 amide bonds. The second kappa shape index (κ2) is 9.99. The molecule has 1 N–H and O–H groups in total. The molecule has 0 radical (unpaired) electrons. The maximum atomic E-state index is 5.69. The Morgan fingerprint density at radius 1 is 1.11 bits per heavy atom. The number of aryl methyl sites for hydroxylation is 2. The van der Waals surface area contributed by atoms with Crippen molar-refractivity contribution in [2.24, 2.45) is 0 Å². The van der Waals surface area contributed by atoms with E-state index in [0.717, 1.165) is 39.0 Å². The Hall–Kier alpha value is -0.860. The summed E-state index contributed by atoms with van der Waals surface area (Å²) in [7, 11) is 0. The van der Waals surface area contributed by atoms with E-state index in [-0.39, 0.29) is 0 Å². The van der Waals surface area contributed by atoms with E-state index >= 15 is 0 Å². The van der Waals surface area contributed by atoms with Gasteiger partial charge in [0, 0.05) is 12.6 Å². The van der Waals surface area contributed by atoms with Gasteiger partial charge < -0.3 is 10.1 Å². The average molecular weight is 263 g/mol. The molecule has 2 heteroatoms. The van der Waals surface area contributed by atoms with Crippen LogP contribution in [0.3, 0.4) is 0 Å². The Labute approximate surface area is 118 Å². The van der Waals surface area contributed by atoms with E-state index in [1.54, 1.807) is 0 Å². The number of benzene rings is 1. The molecule has 1 rings (SSSR count). The fraction of sp³-hybridized carbons (Fsp3) is 0.647. The molecule has 0 fully saturated rings. The van der Waals surface area contributed by atoms with Gasteiger partial charge in [0.25, 0.3) is 0 Å². The van der Waals surface area contributed by atoms with Gasteiger partial charge in [-0.05, 0) is 44.7 Å². The summed E-state index contributed by atoms with van der Waals surface area (Å²) in [6.45, 7) is 9.27. The molecule has 1 atom stereocenters. The van der Waals surface area contributed by atoms with Crippen molar-refractivity contribution in [2.45, 2.75) is 52.5 Å². The summed E-state index contributed by atoms with van der Waals surface area (Å²) in [5.74, 6) is 0. The van der Waals surface area contributed by atoms with Gasteiger partial charge in [0.15, 0.2) is 0 Å². The van der Waals surface area contributed by atoms with Crippen LogP contribution in [0.5, 0.6) is 0 Å². The standard InChI is InChI=1S/C17H29NO/c1-4-12-18-17(14-19-13-5-2)11-10-16-8-6-15(3)7-9-16/h6-9,17-18H,4-5,10-14H2,1-3H3. The second-order valence-corrected chi connectivity index (χ2v) is 5.25. The first-order valence-corrected chi connectivity index (χ1v) is 7.63. The zero-order valence-electron chi connectivity index (χ0n) is 12.7. The molecule has 1 aromatic rings. The van der Waals surface area contributed by atoms with Gasteiger partial charge in [-0.3, -0.25) is 0 Å². The summed E-state index contributed by atoms with van der Waals surface area (Å²) >= 11 is 0. The van der Waals surface area contributed by atoms with Gasteiger partial charge in [0.1, 0.15) is 0 Å². The monoisotopic (exact) mass is 263 g/mol. The average Bonchev–Trinajstić information content (AvgIpc) is 2.43. The summed E-state index contributed by atoms with van der Waals surface area (Å²) in [6.07, 6.45) is 4.54. The Bertz CT molecular complexity index is 321. The first kappa shape index (κ1) is 16.2. The molecule has 19 heavy (non-hydrogen) atoms. The Morgan fingerprint density at radius 3 is 2.47 bits per heavy atom. The molecule has 1 aromatic carbocycles. The van der Waals surface area contributed by atoms with Crippen LogP contribution in [0.1, 0.15) is 44.2 Å². The highest BCUT2D eigenvalue weighted by Crippen LogP contribution is 2.08. The summed E-state index contributed by atoms with van der Waals surface area (Å²) < 4.78 is 5.69. The molecule has 108 valence electrons. The van der Waals surface area contributed by atoms with Gasteiger partial charge in [0.2, 0.25) is 0 Å². The van der Waals surface area contributed by atoms with Crippen LogP contribution in [0.15, 0.2) is 24.3 Å². The minimum atomic E-state index is 0.479. The predicted octanol–water partition coefficient (Wildman–Crippen LogP) is 3.72. The normalized spacial score (nSPS) is 12.6. The van der Waals surface area contributed by atoms with Gasteiger partial charge in [-0.15, -0.1) is 0 Å². The maximum absolute atomic E-state index is 5.69. The van der Waals surface area contributed by atoms with E-state index in [0.29, 0.717) is 6.04 Å². The second-order valence-electron chi connectivity index (χ2n) is 5.25. The van der Waals surface area contributed by atoms with Crippen LogP contribution in [0.25, 0.3) is 0 Å². The molecule has 2 nitrogen and oxygen atoms in total. The van der Waals surface area contributed by atoms with Crippen LogP contribution in [0.2, 0.25) is 0 Å². The molecule has 1 unspecified atom stereocenters. The quantitative estimate of drug-likeness (QED) is 0.650.